The molecule has 8 nitrogen and oxygen atoms in total. The summed E-state index contributed by atoms with van der Waals surface area (Å²) in [5, 5.41) is 14.5. The summed E-state index contributed by atoms with van der Waals surface area (Å²) in [5.74, 6) is 0.624. The number of nitrogens with zero attached hydrogens (tertiary/aromatic N) is 6. The van der Waals surface area contributed by atoms with Crippen LogP contribution in [-0.4, -0.2) is 62.1 Å². The topological polar surface area (TPSA) is 80.3 Å². The van der Waals surface area contributed by atoms with Crippen LogP contribution in [-0.2, 0) is 6.54 Å². The van der Waals surface area contributed by atoms with E-state index in [9.17, 15) is 9.18 Å². The minimum atomic E-state index is -0.292. The molecule has 1 atom stereocenters. The lowest BCUT2D eigenvalue weighted by atomic mass is 10.0. The fourth-order valence-electron chi connectivity index (χ4n) is 3.98. The average molecular weight is 453 g/mol. The van der Waals surface area contributed by atoms with E-state index >= 15 is 0 Å². The molecule has 3 aromatic heterocycles. The molecule has 0 spiro atoms. The fraction of sp³-hybridized carbons (Fsp3) is 0.273. The minimum absolute atomic E-state index is 0.115. The number of carbonyl (C=O) groups excluding carboxylic acids is 1. The number of halogens is 1. The molecule has 164 valence electrons. The van der Waals surface area contributed by atoms with Gasteiger partial charge in [0.05, 0.1) is 18.8 Å². The molecule has 5 rings (SSSR count). The van der Waals surface area contributed by atoms with Gasteiger partial charge in [-0.3, -0.25) is 9.69 Å². The molecule has 1 amide bonds. The molecule has 1 aliphatic rings. The Labute approximate surface area is 187 Å². The largest absolute Gasteiger partial charge is 0.459 e. The second kappa shape index (κ2) is 9.01. The van der Waals surface area contributed by atoms with Crippen LogP contribution in [0.1, 0.15) is 32.9 Å². The van der Waals surface area contributed by atoms with E-state index in [0.717, 1.165) is 10.4 Å². The normalized spacial score (nSPS) is 15.7. The Bertz CT molecular complexity index is 1150. The van der Waals surface area contributed by atoms with Crippen molar-refractivity contribution in [1.82, 2.24) is 30.0 Å². The molecule has 4 aromatic rings. The van der Waals surface area contributed by atoms with Gasteiger partial charge in [-0.25, -0.2) is 9.07 Å². The fourth-order valence-corrected chi connectivity index (χ4v) is 4.66. The summed E-state index contributed by atoms with van der Waals surface area (Å²) in [4.78, 5) is 17.8. The van der Waals surface area contributed by atoms with Crippen molar-refractivity contribution in [3.63, 3.8) is 0 Å². The van der Waals surface area contributed by atoms with Gasteiger partial charge in [0, 0.05) is 31.1 Å². The van der Waals surface area contributed by atoms with Crippen LogP contribution in [0, 0.1) is 5.82 Å². The molecule has 1 saturated heterocycles. The minimum Gasteiger partial charge on any atom is -0.459 e. The van der Waals surface area contributed by atoms with E-state index < -0.39 is 0 Å². The van der Waals surface area contributed by atoms with Gasteiger partial charge in [0.2, 0.25) is 0 Å². The summed E-state index contributed by atoms with van der Waals surface area (Å²) >= 11 is 1.64. The lowest BCUT2D eigenvalue weighted by molar-refractivity contribution is 0.0559. The third-order valence-electron chi connectivity index (χ3n) is 5.57. The van der Waals surface area contributed by atoms with Crippen molar-refractivity contribution in [2.45, 2.75) is 12.6 Å². The molecule has 0 bridgehead atoms. The quantitative estimate of drug-likeness (QED) is 0.447. The SMILES string of the molecule is O=C(c1ccco1)N1CCN([C@@H](c2ccc(F)cc2)c2nnnn2Cc2cccs2)CC1. The van der Waals surface area contributed by atoms with E-state index in [0.29, 0.717) is 44.3 Å². The van der Waals surface area contributed by atoms with Crippen LogP contribution in [0.15, 0.2) is 64.6 Å². The molecule has 4 heterocycles. The molecule has 10 heteroatoms. The van der Waals surface area contributed by atoms with Gasteiger partial charge in [-0.2, -0.15) is 0 Å². The summed E-state index contributed by atoms with van der Waals surface area (Å²) in [6.45, 7) is 2.91. The molecule has 0 aliphatic carbocycles. The Kier molecular flexibility index (Phi) is 5.78. The summed E-state index contributed by atoms with van der Waals surface area (Å²) in [7, 11) is 0. The van der Waals surface area contributed by atoms with Crippen molar-refractivity contribution in [2.75, 3.05) is 26.2 Å². The summed E-state index contributed by atoms with van der Waals surface area (Å²) in [6.07, 6.45) is 1.50. The Hall–Kier alpha value is -3.37. The number of tetrazole rings is 1. The average Bonchev–Trinajstić information content (AvgIpc) is 3.60. The third kappa shape index (κ3) is 4.19. The van der Waals surface area contributed by atoms with Gasteiger partial charge in [-0.15, -0.1) is 16.4 Å². The summed E-state index contributed by atoms with van der Waals surface area (Å²) in [5.41, 5.74) is 0.902. The van der Waals surface area contributed by atoms with Gasteiger partial charge in [-0.05, 0) is 51.7 Å². The Morgan fingerprint density at radius 3 is 2.59 bits per heavy atom. The third-order valence-corrected chi connectivity index (χ3v) is 6.44. The predicted octanol–water partition coefficient (Wildman–Crippen LogP) is 3.06. The summed E-state index contributed by atoms with van der Waals surface area (Å²) in [6, 6.07) is 13.6. The van der Waals surface area contributed by atoms with Crippen molar-refractivity contribution in [2.24, 2.45) is 0 Å². The van der Waals surface area contributed by atoms with E-state index in [1.54, 1.807) is 45.2 Å². The number of benzene rings is 1. The number of thiophene rings is 1. The standard InChI is InChI=1S/C22H21FN6O2S/c23-17-7-5-16(6-8-17)20(21-24-25-26-29(21)15-18-3-2-14-32-18)27-9-11-28(12-10-27)22(30)19-4-1-13-31-19/h1-8,13-14,20H,9-12,15H2/t20-/m0/s1. The second-order valence-corrected chi connectivity index (χ2v) is 8.57. The number of carbonyl (C=O) groups is 1. The molecular formula is C22H21FN6O2S. The Balaban J connectivity index is 1.40. The Morgan fingerprint density at radius 1 is 1.09 bits per heavy atom. The molecule has 1 aliphatic heterocycles. The predicted molar refractivity (Wildman–Crippen MR) is 116 cm³/mol. The molecular weight excluding hydrogens is 431 g/mol. The van der Waals surface area contributed by atoms with Crippen LogP contribution in [0.4, 0.5) is 4.39 Å². The van der Waals surface area contributed by atoms with Crippen molar-refractivity contribution in [1.29, 1.82) is 0 Å². The monoisotopic (exact) mass is 452 g/mol. The molecule has 0 radical (unpaired) electrons. The number of rotatable bonds is 6. The zero-order valence-electron chi connectivity index (χ0n) is 17.2. The van der Waals surface area contributed by atoms with Crippen LogP contribution in [0.2, 0.25) is 0 Å². The van der Waals surface area contributed by atoms with Crippen molar-refractivity contribution in [3.05, 3.63) is 88.0 Å². The van der Waals surface area contributed by atoms with E-state index in [4.69, 9.17) is 4.42 Å². The van der Waals surface area contributed by atoms with Crippen LogP contribution >= 0.6 is 11.3 Å². The molecule has 0 N–H and O–H groups in total. The van der Waals surface area contributed by atoms with Crippen molar-refractivity contribution >= 4 is 17.2 Å². The zero-order valence-corrected chi connectivity index (χ0v) is 18.0. The van der Waals surface area contributed by atoms with Crippen LogP contribution < -0.4 is 0 Å². The van der Waals surface area contributed by atoms with Gasteiger partial charge in [0.25, 0.3) is 5.91 Å². The number of aromatic nitrogens is 4. The first-order valence-corrected chi connectivity index (χ1v) is 11.2. The number of furan rings is 1. The molecule has 0 unspecified atom stereocenters. The zero-order chi connectivity index (χ0) is 21.9. The number of piperazine rings is 1. The number of amides is 1. The first-order valence-electron chi connectivity index (χ1n) is 10.3. The molecule has 0 saturated carbocycles. The van der Waals surface area contributed by atoms with Gasteiger partial charge < -0.3 is 9.32 Å². The highest BCUT2D eigenvalue weighted by Crippen LogP contribution is 2.29. The van der Waals surface area contributed by atoms with Gasteiger partial charge >= 0.3 is 0 Å². The highest BCUT2D eigenvalue weighted by atomic mass is 32.1. The highest BCUT2D eigenvalue weighted by molar-refractivity contribution is 7.09. The van der Waals surface area contributed by atoms with Crippen LogP contribution in [0.3, 0.4) is 0 Å². The molecule has 32 heavy (non-hydrogen) atoms. The van der Waals surface area contributed by atoms with Crippen LogP contribution in [0.5, 0.6) is 0 Å². The van der Waals surface area contributed by atoms with Crippen molar-refractivity contribution < 1.29 is 13.6 Å². The number of hydrogen-bond acceptors (Lipinski definition) is 7. The van der Waals surface area contributed by atoms with Gasteiger partial charge in [0.15, 0.2) is 11.6 Å². The van der Waals surface area contributed by atoms with Crippen LogP contribution in [0.25, 0.3) is 0 Å². The van der Waals surface area contributed by atoms with Crippen molar-refractivity contribution in [3.8, 4) is 0 Å². The maximum atomic E-state index is 13.6. The first kappa shape index (κ1) is 20.5. The van der Waals surface area contributed by atoms with Gasteiger partial charge in [-0.1, -0.05) is 18.2 Å². The summed E-state index contributed by atoms with van der Waals surface area (Å²) < 4.78 is 20.7. The number of hydrogen-bond donors (Lipinski definition) is 0. The maximum absolute atomic E-state index is 13.6. The van der Waals surface area contributed by atoms with E-state index in [1.807, 2.05) is 17.5 Å². The first-order chi connectivity index (χ1) is 15.7. The Morgan fingerprint density at radius 2 is 1.91 bits per heavy atom. The molecule has 1 aromatic carbocycles. The second-order valence-electron chi connectivity index (χ2n) is 7.53. The highest BCUT2D eigenvalue weighted by Gasteiger charge is 2.32. The lowest BCUT2D eigenvalue weighted by Crippen LogP contribution is -2.50. The van der Waals surface area contributed by atoms with Gasteiger partial charge in [0.1, 0.15) is 5.82 Å². The van der Waals surface area contributed by atoms with E-state index in [1.165, 1.54) is 18.4 Å². The van der Waals surface area contributed by atoms with E-state index in [2.05, 4.69) is 20.4 Å². The lowest BCUT2D eigenvalue weighted by Gasteiger charge is -2.38. The van der Waals surface area contributed by atoms with E-state index in [-0.39, 0.29) is 17.8 Å². The smallest absolute Gasteiger partial charge is 0.289 e. The molecule has 1 fully saturated rings. The maximum Gasteiger partial charge on any atom is 0.289 e.